The Balaban J connectivity index is 1.74. The molecule has 0 radical (unpaired) electrons. The van der Waals surface area contributed by atoms with E-state index in [9.17, 15) is 4.79 Å². The second-order valence-corrected chi connectivity index (χ2v) is 5.14. The van der Waals surface area contributed by atoms with E-state index in [4.69, 9.17) is 16.3 Å². The molecular formula is C11H18ClNO2. The molecule has 0 spiro atoms. The number of hydrogen-bond donors (Lipinski definition) is 1. The van der Waals surface area contributed by atoms with E-state index in [0.29, 0.717) is 18.0 Å². The molecule has 15 heavy (non-hydrogen) atoms. The third-order valence-electron chi connectivity index (χ3n) is 3.30. The lowest BCUT2D eigenvalue weighted by Crippen LogP contribution is -2.41. The van der Waals surface area contributed by atoms with Crippen LogP contribution < -0.4 is 5.32 Å². The van der Waals surface area contributed by atoms with Gasteiger partial charge in [0.15, 0.2) is 0 Å². The van der Waals surface area contributed by atoms with Crippen LogP contribution in [0, 0.1) is 5.92 Å². The van der Waals surface area contributed by atoms with Crippen molar-refractivity contribution in [1.29, 1.82) is 0 Å². The van der Waals surface area contributed by atoms with Gasteiger partial charge in [0.25, 0.3) is 0 Å². The van der Waals surface area contributed by atoms with Crippen LogP contribution in [0.3, 0.4) is 0 Å². The van der Waals surface area contributed by atoms with Crippen molar-refractivity contribution in [2.45, 2.75) is 43.5 Å². The van der Waals surface area contributed by atoms with E-state index < -0.39 is 0 Å². The molecular weight excluding hydrogens is 214 g/mol. The predicted octanol–water partition coefficient (Wildman–Crippen LogP) is 1.69. The Kier molecular flexibility index (Phi) is 3.87. The predicted molar refractivity (Wildman–Crippen MR) is 59.0 cm³/mol. The number of ether oxygens (including phenoxy) is 1. The van der Waals surface area contributed by atoms with Gasteiger partial charge in [0.2, 0.25) is 5.91 Å². The molecule has 1 saturated heterocycles. The summed E-state index contributed by atoms with van der Waals surface area (Å²) in [5, 5.41) is 3.42. The Bertz CT molecular complexity index is 221. The maximum atomic E-state index is 11.8. The molecule has 1 heterocycles. The first-order valence-corrected chi connectivity index (χ1v) is 6.21. The van der Waals surface area contributed by atoms with Crippen molar-refractivity contribution in [2.75, 3.05) is 13.2 Å². The molecule has 1 aliphatic heterocycles. The van der Waals surface area contributed by atoms with Gasteiger partial charge in [-0.25, -0.2) is 0 Å². The fourth-order valence-corrected chi connectivity index (χ4v) is 2.51. The normalized spacial score (nSPS) is 36.5. The van der Waals surface area contributed by atoms with Crippen molar-refractivity contribution in [1.82, 2.24) is 5.32 Å². The Morgan fingerprint density at radius 1 is 1.20 bits per heavy atom. The Hall–Kier alpha value is -0.280. The number of hydrogen-bond acceptors (Lipinski definition) is 2. The van der Waals surface area contributed by atoms with Crippen LogP contribution in [-0.4, -0.2) is 30.5 Å². The summed E-state index contributed by atoms with van der Waals surface area (Å²) in [6, 6.07) is 0.341. The summed E-state index contributed by atoms with van der Waals surface area (Å²) in [5.74, 6) is 0.254. The van der Waals surface area contributed by atoms with Crippen molar-refractivity contribution in [3.8, 4) is 0 Å². The van der Waals surface area contributed by atoms with Gasteiger partial charge in [-0.2, -0.15) is 0 Å². The lowest BCUT2D eigenvalue weighted by atomic mass is 9.94. The molecule has 0 aromatic rings. The van der Waals surface area contributed by atoms with Gasteiger partial charge in [0.05, 0.1) is 12.5 Å². The summed E-state index contributed by atoms with van der Waals surface area (Å²) in [7, 11) is 0. The molecule has 1 saturated carbocycles. The smallest absolute Gasteiger partial charge is 0.225 e. The van der Waals surface area contributed by atoms with Crippen LogP contribution in [0.25, 0.3) is 0 Å². The second-order valence-electron chi connectivity index (χ2n) is 4.52. The molecule has 2 aliphatic rings. The van der Waals surface area contributed by atoms with Crippen LogP contribution in [-0.2, 0) is 9.53 Å². The highest BCUT2D eigenvalue weighted by Crippen LogP contribution is 2.23. The van der Waals surface area contributed by atoms with Crippen molar-refractivity contribution < 1.29 is 9.53 Å². The van der Waals surface area contributed by atoms with Gasteiger partial charge in [0.1, 0.15) is 0 Å². The van der Waals surface area contributed by atoms with Crippen LogP contribution in [0.15, 0.2) is 0 Å². The first kappa shape index (κ1) is 11.2. The maximum Gasteiger partial charge on any atom is 0.225 e. The average Bonchev–Trinajstić information content (AvgIpc) is 2.74. The van der Waals surface area contributed by atoms with Crippen LogP contribution in [0.2, 0.25) is 0 Å². The van der Waals surface area contributed by atoms with Gasteiger partial charge in [-0.05, 0) is 32.1 Å². The third-order valence-corrected chi connectivity index (χ3v) is 3.74. The SMILES string of the molecule is O=C(NC1CCC(Cl)CC1)C1CCOC1. The summed E-state index contributed by atoms with van der Waals surface area (Å²) < 4.78 is 5.20. The van der Waals surface area contributed by atoms with Gasteiger partial charge in [-0.3, -0.25) is 4.79 Å². The monoisotopic (exact) mass is 231 g/mol. The van der Waals surface area contributed by atoms with E-state index in [1.54, 1.807) is 0 Å². The molecule has 2 rings (SSSR count). The molecule has 4 heteroatoms. The minimum Gasteiger partial charge on any atom is -0.381 e. The largest absolute Gasteiger partial charge is 0.381 e. The average molecular weight is 232 g/mol. The summed E-state index contributed by atoms with van der Waals surface area (Å²) in [5.41, 5.74) is 0. The number of halogens is 1. The highest BCUT2D eigenvalue weighted by atomic mass is 35.5. The molecule has 0 bridgehead atoms. The Morgan fingerprint density at radius 3 is 2.53 bits per heavy atom. The topological polar surface area (TPSA) is 38.3 Å². The van der Waals surface area contributed by atoms with Gasteiger partial charge in [-0.15, -0.1) is 11.6 Å². The Labute approximate surface area is 95.5 Å². The molecule has 86 valence electrons. The first-order chi connectivity index (χ1) is 7.25. The number of carbonyl (C=O) groups excluding carboxylic acids is 1. The first-order valence-electron chi connectivity index (χ1n) is 5.78. The van der Waals surface area contributed by atoms with Gasteiger partial charge < -0.3 is 10.1 Å². The summed E-state index contributed by atoms with van der Waals surface area (Å²) in [6.45, 7) is 1.32. The minimum absolute atomic E-state index is 0.0822. The van der Waals surface area contributed by atoms with E-state index in [0.717, 1.165) is 38.7 Å². The van der Waals surface area contributed by atoms with Crippen LogP contribution >= 0.6 is 11.6 Å². The zero-order chi connectivity index (χ0) is 10.7. The van der Waals surface area contributed by atoms with Gasteiger partial charge >= 0.3 is 0 Å². The number of amides is 1. The molecule has 1 unspecified atom stereocenters. The number of alkyl halides is 1. The quantitative estimate of drug-likeness (QED) is 0.735. The second kappa shape index (κ2) is 5.17. The maximum absolute atomic E-state index is 11.8. The van der Waals surface area contributed by atoms with Crippen molar-refractivity contribution in [3.05, 3.63) is 0 Å². The summed E-state index contributed by atoms with van der Waals surface area (Å²) in [4.78, 5) is 11.8. The van der Waals surface area contributed by atoms with E-state index in [-0.39, 0.29) is 11.8 Å². The molecule has 0 aromatic carbocycles. The van der Waals surface area contributed by atoms with Crippen molar-refractivity contribution >= 4 is 17.5 Å². The minimum atomic E-state index is 0.0822. The molecule has 1 aliphatic carbocycles. The summed E-state index contributed by atoms with van der Waals surface area (Å²) >= 11 is 6.01. The zero-order valence-electron chi connectivity index (χ0n) is 8.88. The molecule has 1 amide bonds. The van der Waals surface area contributed by atoms with Gasteiger partial charge in [-0.1, -0.05) is 0 Å². The van der Waals surface area contributed by atoms with Crippen LogP contribution in [0.4, 0.5) is 0 Å². The lowest BCUT2D eigenvalue weighted by molar-refractivity contribution is -0.125. The molecule has 3 nitrogen and oxygen atoms in total. The third kappa shape index (κ3) is 3.08. The van der Waals surface area contributed by atoms with E-state index in [1.165, 1.54) is 0 Å². The number of carbonyl (C=O) groups is 1. The fourth-order valence-electron chi connectivity index (χ4n) is 2.26. The number of rotatable bonds is 2. The van der Waals surface area contributed by atoms with Crippen molar-refractivity contribution in [3.63, 3.8) is 0 Å². The highest BCUT2D eigenvalue weighted by molar-refractivity contribution is 6.20. The standard InChI is InChI=1S/C11H18ClNO2/c12-9-1-3-10(4-2-9)13-11(14)8-5-6-15-7-8/h8-10H,1-7H2,(H,13,14). The van der Waals surface area contributed by atoms with Gasteiger partial charge in [0, 0.05) is 18.0 Å². The fraction of sp³-hybridized carbons (Fsp3) is 0.909. The Morgan fingerprint density at radius 2 is 1.93 bits per heavy atom. The molecule has 1 atom stereocenters. The molecule has 1 N–H and O–H groups in total. The molecule has 2 fully saturated rings. The van der Waals surface area contributed by atoms with Crippen molar-refractivity contribution in [2.24, 2.45) is 5.92 Å². The van der Waals surface area contributed by atoms with E-state index in [1.807, 2.05) is 0 Å². The zero-order valence-corrected chi connectivity index (χ0v) is 9.63. The highest BCUT2D eigenvalue weighted by Gasteiger charge is 2.27. The summed E-state index contributed by atoms with van der Waals surface area (Å²) in [6.07, 6.45) is 4.96. The lowest BCUT2D eigenvalue weighted by Gasteiger charge is -2.26. The van der Waals surface area contributed by atoms with Crippen LogP contribution in [0.1, 0.15) is 32.1 Å². The van der Waals surface area contributed by atoms with E-state index >= 15 is 0 Å². The van der Waals surface area contributed by atoms with E-state index in [2.05, 4.69) is 5.32 Å². The van der Waals surface area contributed by atoms with Crippen LogP contribution in [0.5, 0.6) is 0 Å². The molecule has 0 aromatic heterocycles. The number of nitrogens with one attached hydrogen (secondary N) is 1.